The Morgan fingerprint density at radius 3 is 1.74 bits per heavy atom. The zero-order valence-corrected chi connectivity index (χ0v) is 14.6. The van der Waals surface area contributed by atoms with Gasteiger partial charge < -0.3 is 27.9 Å². The van der Waals surface area contributed by atoms with Gasteiger partial charge in [-0.2, -0.15) is 0 Å². The maximum absolute atomic E-state index is 5.57. The van der Waals surface area contributed by atoms with Gasteiger partial charge in [-0.3, -0.25) is 0 Å². The largest absolute Gasteiger partial charge is 0.491 e. The van der Waals surface area contributed by atoms with E-state index in [-0.39, 0.29) is 0 Å². The van der Waals surface area contributed by atoms with E-state index in [0.29, 0.717) is 52.9 Å². The van der Waals surface area contributed by atoms with E-state index >= 15 is 0 Å². The SMILES string of the molecule is COCCOCCOCCOCCOc1ccc(SOC)cc1. The average Bonchev–Trinajstić information content (AvgIpc) is 2.57. The first-order valence-corrected chi connectivity index (χ1v) is 8.26. The number of ether oxygens (including phenoxy) is 5. The van der Waals surface area contributed by atoms with E-state index in [1.807, 2.05) is 24.3 Å². The molecule has 0 aliphatic carbocycles. The van der Waals surface area contributed by atoms with Gasteiger partial charge in [0.15, 0.2) is 0 Å². The minimum absolute atomic E-state index is 0.511. The fourth-order valence-corrected chi connectivity index (χ4v) is 2.03. The fraction of sp³-hybridized carbons (Fsp3) is 0.625. The molecule has 1 rings (SSSR count). The van der Waals surface area contributed by atoms with Crippen molar-refractivity contribution in [1.82, 2.24) is 0 Å². The van der Waals surface area contributed by atoms with Crippen LogP contribution < -0.4 is 4.74 Å². The maximum atomic E-state index is 5.57. The molecule has 0 heterocycles. The molecule has 0 amide bonds. The standard InChI is InChI=1S/C16H26O6S/c1-17-7-8-19-9-10-20-11-12-21-13-14-22-15-3-5-16(6-4-15)23-18-2/h3-6H,7-14H2,1-2H3. The van der Waals surface area contributed by atoms with Crippen LogP contribution in [0.2, 0.25) is 0 Å². The van der Waals surface area contributed by atoms with Gasteiger partial charge in [-0.15, -0.1) is 0 Å². The molecule has 23 heavy (non-hydrogen) atoms. The van der Waals surface area contributed by atoms with Crippen molar-refractivity contribution in [3.8, 4) is 5.75 Å². The minimum Gasteiger partial charge on any atom is -0.491 e. The van der Waals surface area contributed by atoms with Crippen LogP contribution in [0.1, 0.15) is 0 Å². The van der Waals surface area contributed by atoms with Gasteiger partial charge in [0.25, 0.3) is 0 Å². The summed E-state index contributed by atoms with van der Waals surface area (Å²) in [6, 6.07) is 7.72. The summed E-state index contributed by atoms with van der Waals surface area (Å²) in [7, 11) is 3.29. The Morgan fingerprint density at radius 2 is 1.22 bits per heavy atom. The van der Waals surface area contributed by atoms with Crippen molar-refractivity contribution in [2.75, 3.05) is 67.1 Å². The topological polar surface area (TPSA) is 55.4 Å². The van der Waals surface area contributed by atoms with Crippen LogP contribution in [0, 0.1) is 0 Å². The van der Waals surface area contributed by atoms with Gasteiger partial charge in [0, 0.05) is 24.0 Å². The lowest BCUT2D eigenvalue weighted by Gasteiger charge is -2.08. The number of rotatable bonds is 15. The Kier molecular flexibility index (Phi) is 13.0. The van der Waals surface area contributed by atoms with Crippen LogP contribution >= 0.6 is 12.0 Å². The second kappa shape index (κ2) is 14.7. The Labute approximate surface area is 142 Å². The van der Waals surface area contributed by atoms with Gasteiger partial charge in [-0.1, -0.05) is 0 Å². The number of methoxy groups -OCH3 is 1. The molecule has 0 radical (unpaired) electrons. The monoisotopic (exact) mass is 346 g/mol. The Bertz CT molecular complexity index is 373. The molecule has 1 aromatic carbocycles. The predicted molar refractivity (Wildman–Crippen MR) is 89.1 cm³/mol. The van der Waals surface area contributed by atoms with Crippen LogP contribution in [0.15, 0.2) is 29.2 Å². The summed E-state index contributed by atoms with van der Waals surface area (Å²) < 4.78 is 31.5. The Hall–Kier alpha value is -0.830. The molecule has 0 saturated heterocycles. The first kappa shape index (κ1) is 20.2. The molecule has 0 aliphatic heterocycles. The number of hydrogen-bond donors (Lipinski definition) is 0. The molecule has 0 aliphatic rings. The Morgan fingerprint density at radius 1 is 0.696 bits per heavy atom. The second-order valence-electron chi connectivity index (χ2n) is 4.40. The molecule has 0 fully saturated rings. The maximum Gasteiger partial charge on any atom is 0.119 e. The molecule has 132 valence electrons. The third kappa shape index (κ3) is 11.4. The molecule has 0 atom stereocenters. The highest BCUT2D eigenvalue weighted by atomic mass is 32.2. The van der Waals surface area contributed by atoms with Crippen molar-refractivity contribution in [1.29, 1.82) is 0 Å². The number of benzene rings is 1. The summed E-state index contributed by atoms with van der Waals surface area (Å²) in [6.07, 6.45) is 0. The van der Waals surface area contributed by atoms with Crippen molar-refractivity contribution in [3.63, 3.8) is 0 Å². The van der Waals surface area contributed by atoms with Crippen molar-refractivity contribution in [2.24, 2.45) is 0 Å². The molecule has 0 spiro atoms. The second-order valence-corrected chi connectivity index (χ2v) is 5.37. The van der Waals surface area contributed by atoms with E-state index < -0.39 is 0 Å². The quantitative estimate of drug-likeness (QED) is 0.357. The molecular formula is C16H26O6S. The van der Waals surface area contributed by atoms with E-state index in [9.17, 15) is 0 Å². The van der Waals surface area contributed by atoms with E-state index in [4.69, 9.17) is 27.9 Å². The zero-order valence-electron chi connectivity index (χ0n) is 13.8. The molecule has 0 bridgehead atoms. The summed E-state index contributed by atoms with van der Waals surface area (Å²) in [4.78, 5) is 1.04. The highest BCUT2D eigenvalue weighted by Gasteiger charge is 1.97. The van der Waals surface area contributed by atoms with Crippen LogP contribution in [0.5, 0.6) is 5.75 Å². The lowest BCUT2D eigenvalue weighted by Crippen LogP contribution is -2.13. The predicted octanol–water partition coefficient (Wildman–Crippen LogP) is 2.42. The van der Waals surface area contributed by atoms with Gasteiger partial charge in [-0.05, 0) is 24.3 Å². The van der Waals surface area contributed by atoms with Gasteiger partial charge in [0.1, 0.15) is 12.4 Å². The van der Waals surface area contributed by atoms with Gasteiger partial charge in [0.05, 0.1) is 53.4 Å². The summed E-state index contributed by atoms with van der Waals surface area (Å²) in [6.45, 7) is 4.48. The van der Waals surface area contributed by atoms with Crippen molar-refractivity contribution < 1.29 is 27.9 Å². The fourth-order valence-electron chi connectivity index (χ4n) is 1.59. The zero-order chi connectivity index (χ0) is 16.6. The van der Waals surface area contributed by atoms with Crippen LogP contribution in [-0.2, 0) is 23.1 Å². The van der Waals surface area contributed by atoms with Crippen LogP contribution in [0.25, 0.3) is 0 Å². The van der Waals surface area contributed by atoms with Crippen LogP contribution in [0.4, 0.5) is 0 Å². The van der Waals surface area contributed by atoms with E-state index in [1.165, 1.54) is 12.0 Å². The molecule has 0 saturated carbocycles. The molecule has 0 aromatic heterocycles. The summed E-state index contributed by atoms with van der Waals surface area (Å²) in [5.41, 5.74) is 0. The summed E-state index contributed by atoms with van der Waals surface area (Å²) in [5.74, 6) is 0.818. The first-order valence-electron chi connectivity index (χ1n) is 7.52. The van der Waals surface area contributed by atoms with Crippen molar-refractivity contribution >= 4 is 12.0 Å². The van der Waals surface area contributed by atoms with Gasteiger partial charge >= 0.3 is 0 Å². The molecular weight excluding hydrogens is 320 g/mol. The summed E-state index contributed by atoms with van der Waals surface area (Å²) in [5, 5.41) is 0. The van der Waals surface area contributed by atoms with E-state index in [0.717, 1.165) is 10.6 Å². The molecule has 6 nitrogen and oxygen atoms in total. The van der Waals surface area contributed by atoms with Crippen molar-refractivity contribution in [2.45, 2.75) is 4.90 Å². The normalized spacial score (nSPS) is 10.9. The van der Waals surface area contributed by atoms with E-state index in [1.54, 1.807) is 14.2 Å². The smallest absolute Gasteiger partial charge is 0.119 e. The lowest BCUT2D eigenvalue weighted by molar-refractivity contribution is 0.000162. The number of hydrogen-bond acceptors (Lipinski definition) is 7. The summed E-state index contributed by atoms with van der Waals surface area (Å²) >= 11 is 1.32. The third-order valence-corrected chi connectivity index (χ3v) is 3.31. The van der Waals surface area contributed by atoms with Crippen molar-refractivity contribution in [3.05, 3.63) is 24.3 Å². The highest BCUT2D eigenvalue weighted by molar-refractivity contribution is 7.94. The Balaban J connectivity index is 1.87. The first-order chi connectivity index (χ1) is 11.4. The molecule has 0 N–H and O–H groups in total. The van der Waals surface area contributed by atoms with Gasteiger partial charge in [-0.25, -0.2) is 0 Å². The highest BCUT2D eigenvalue weighted by Crippen LogP contribution is 2.21. The minimum atomic E-state index is 0.511. The molecule has 7 heteroatoms. The average molecular weight is 346 g/mol. The molecule has 0 unspecified atom stereocenters. The van der Waals surface area contributed by atoms with Gasteiger partial charge in [0.2, 0.25) is 0 Å². The molecule has 1 aromatic rings. The van der Waals surface area contributed by atoms with Crippen LogP contribution in [0.3, 0.4) is 0 Å². The van der Waals surface area contributed by atoms with E-state index in [2.05, 4.69) is 0 Å². The lowest BCUT2D eigenvalue weighted by atomic mass is 10.3. The van der Waals surface area contributed by atoms with Crippen LogP contribution in [-0.4, -0.2) is 67.1 Å². The third-order valence-electron chi connectivity index (χ3n) is 2.68.